The fourth-order valence-electron chi connectivity index (χ4n) is 4.04. The molecular weight excluding hydrogens is 521 g/mol. The number of thiazole rings is 1. The molecule has 0 fully saturated rings. The van der Waals surface area contributed by atoms with Gasteiger partial charge in [-0.3, -0.25) is 14.3 Å². The minimum Gasteiger partial charge on any atom is -0.348 e. The van der Waals surface area contributed by atoms with Crippen molar-refractivity contribution in [2.75, 3.05) is 19.6 Å². The summed E-state index contributed by atoms with van der Waals surface area (Å²) in [5.41, 5.74) is 1.55. The van der Waals surface area contributed by atoms with Crippen LogP contribution < -0.4 is 5.32 Å². The largest absolute Gasteiger partial charge is 0.348 e. The van der Waals surface area contributed by atoms with Crippen LogP contribution in [-0.2, 0) is 5.75 Å². The fourth-order valence-corrected chi connectivity index (χ4v) is 5.78. The first-order valence-corrected chi connectivity index (χ1v) is 14.6. The zero-order chi connectivity index (χ0) is 26.9. The maximum absolute atomic E-state index is 14.8. The van der Waals surface area contributed by atoms with E-state index in [4.69, 9.17) is 0 Å². The molecule has 0 aliphatic carbocycles. The first-order valence-electron chi connectivity index (χ1n) is 12.7. The number of halogens is 1. The van der Waals surface area contributed by atoms with Crippen LogP contribution >= 0.6 is 23.1 Å². The number of aromatic nitrogens is 5. The van der Waals surface area contributed by atoms with Crippen molar-refractivity contribution < 1.29 is 9.18 Å². The molecule has 4 rings (SSSR count). The molecule has 11 heteroatoms. The number of hydrogen-bond donors (Lipinski definition) is 1. The number of carbonyl (C=O) groups is 1. The minimum absolute atomic E-state index is 0.0727. The second-order valence-corrected chi connectivity index (χ2v) is 10.7. The highest BCUT2D eigenvalue weighted by Crippen LogP contribution is 2.31. The van der Waals surface area contributed by atoms with Crippen LogP contribution in [0.3, 0.4) is 0 Å². The number of para-hydroxylation sites is 1. The lowest BCUT2D eigenvalue weighted by Crippen LogP contribution is -2.33. The Kier molecular flexibility index (Phi) is 9.97. The number of nitrogens with zero attached hydrogens (tertiary/aromatic N) is 6. The molecule has 200 valence electrons. The van der Waals surface area contributed by atoms with Gasteiger partial charge in [0.25, 0.3) is 5.91 Å². The summed E-state index contributed by atoms with van der Waals surface area (Å²) >= 11 is 2.82. The molecule has 1 unspecified atom stereocenters. The molecule has 0 aliphatic rings. The maximum atomic E-state index is 14.8. The van der Waals surface area contributed by atoms with Gasteiger partial charge in [-0.1, -0.05) is 37.7 Å². The second-order valence-electron chi connectivity index (χ2n) is 8.79. The van der Waals surface area contributed by atoms with Crippen LogP contribution in [0.1, 0.15) is 49.1 Å². The van der Waals surface area contributed by atoms with Crippen molar-refractivity contribution >= 4 is 29.0 Å². The van der Waals surface area contributed by atoms with Gasteiger partial charge in [-0.25, -0.2) is 9.37 Å². The first kappa shape index (κ1) is 27.9. The van der Waals surface area contributed by atoms with E-state index in [-0.39, 0.29) is 17.8 Å². The van der Waals surface area contributed by atoms with Crippen molar-refractivity contribution in [2.45, 2.75) is 50.6 Å². The van der Waals surface area contributed by atoms with Gasteiger partial charge in [0.05, 0.1) is 11.4 Å². The second kappa shape index (κ2) is 13.6. The summed E-state index contributed by atoms with van der Waals surface area (Å²) in [6.45, 7) is 9.47. The van der Waals surface area contributed by atoms with E-state index in [1.807, 2.05) is 19.1 Å². The monoisotopic (exact) mass is 553 g/mol. The van der Waals surface area contributed by atoms with Gasteiger partial charge in [0.15, 0.2) is 11.0 Å². The molecule has 1 amide bonds. The van der Waals surface area contributed by atoms with Crippen molar-refractivity contribution in [3.05, 3.63) is 70.7 Å². The van der Waals surface area contributed by atoms with Crippen molar-refractivity contribution in [1.29, 1.82) is 0 Å². The van der Waals surface area contributed by atoms with Crippen LogP contribution in [0.2, 0.25) is 0 Å². The number of hydrogen-bond acceptors (Lipinski definition) is 8. The quantitative estimate of drug-likeness (QED) is 0.220. The Morgan fingerprint density at radius 1 is 1.16 bits per heavy atom. The smallest absolute Gasteiger partial charge is 0.270 e. The molecule has 8 nitrogen and oxygen atoms in total. The molecule has 4 aromatic rings. The molecule has 1 atom stereocenters. The van der Waals surface area contributed by atoms with Crippen LogP contribution in [0.25, 0.3) is 17.1 Å². The predicted octanol–water partition coefficient (Wildman–Crippen LogP) is 5.46. The summed E-state index contributed by atoms with van der Waals surface area (Å²) < 4.78 is 16.5. The van der Waals surface area contributed by atoms with E-state index in [0.29, 0.717) is 28.1 Å². The number of benzene rings is 1. The van der Waals surface area contributed by atoms with Gasteiger partial charge in [0.2, 0.25) is 0 Å². The molecule has 1 N–H and O–H groups in total. The minimum atomic E-state index is -0.371. The number of amides is 1. The number of rotatable bonds is 13. The van der Waals surface area contributed by atoms with Crippen LogP contribution in [-0.4, -0.2) is 61.2 Å². The lowest BCUT2D eigenvalue weighted by Gasteiger charge is -2.19. The molecular formula is C27H32FN7OS2. The van der Waals surface area contributed by atoms with E-state index in [9.17, 15) is 9.18 Å². The third-order valence-electron chi connectivity index (χ3n) is 6.16. The van der Waals surface area contributed by atoms with Gasteiger partial charge in [-0.05, 0) is 63.7 Å². The number of carbonyl (C=O) groups excluding carboxylic acids is 1. The number of thioether (sulfide) groups is 1. The normalized spacial score (nSPS) is 12.1. The standard InChI is InChI=1S/C27H32FN7OS2/c1-4-34(5-2)16-8-9-19(3)30-26(36)22-17-37-24(31-22)18-38-27-33-32-25(20-12-14-29-15-13-20)35(27)23-11-7-6-10-21(23)28/h6-7,10-15,17,19H,4-5,8-9,16,18H2,1-3H3,(H,30,36). The molecule has 3 heterocycles. The van der Waals surface area contributed by atoms with Gasteiger partial charge in [0.1, 0.15) is 16.5 Å². The van der Waals surface area contributed by atoms with E-state index in [1.54, 1.807) is 40.5 Å². The summed E-state index contributed by atoms with van der Waals surface area (Å²) in [7, 11) is 0. The van der Waals surface area contributed by atoms with E-state index in [2.05, 4.69) is 44.2 Å². The maximum Gasteiger partial charge on any atom is 0.270 e. The third-order valence-corrected chi connectivity index (χ3v) is 8.13. The Hall–Kier alpha value is -3.15. The lowest BCUT2D eigenvalue weighted by molar-refractivity contribution is 0.0932. The average Bonchev–Trinajstić information content (AvgIpc) is 3.58. The molecule has 0 spiro atoms. The Balaban J connectivity index is 1.42. The summed E-state index contributed by atoms with van der Waals surface area (Å²) in [5.74, 6) is 0.459. The van der Waals surface area contributed by atoms with Gasteiger partial charge in [-0.15, -0.1) is 21.5 Å². The van der Waals surface area contributed by atoms with E-state index < -0.39 is 0 Å². The van der Waals surface area contributed by atoms with Crippen molar-refractivity contribution in [2.24, 2.45) is 0 Å². The van der Waals surface area contributed by atoms with E-state index in [1.165, 1.54) is 29.2 Å². The lowest BCUT2D eigenvalue weighted by atomic mass is 10.1. The van der Waals surface area contributed by atoms with Crippen molar-refractivity contribution in [3.8, 4) is 17.1 Å². The van der Waals surface area contributed by atoms with E-state index >= 15 is 0 Å². The topological polar surface area (TPSA) is 88.8 Å². The van der Waals surface area contributed by atoms with Crippen LogP contribution in [0.4, 0.5) is 4.39 Å². The Labute approximate surface area is 230 Å². The third kappa shape index (κ3) is 7.03. The predicted molar refractivity (Wildman–Crippen MR) is 150 cm³/mol. The Bertz CT molecular complexity index is 1320. The summed E-state index contributed by atoms with van der Waals surface area (Å²) in [6.07, 6.45) is 5.28. The molecule has 3 aromatic heterocycles. The fraction of sp³-hybridized carbons (Fsp3) is 0.370. The molecule has 0 saturated carbocycles. The van der Waals surface area contributed by atoms with Crippen LogP contribution in [0.5, 0.6) is 0 Å². The van der Waals surface area contributed by atoms with Gasteiger partial charge in [-0.2, -0.15) is 0 Å². The molecule has 38 heavy (non-hydrogen) atoms. The Morgan fingerprint density at radius 3 is 2.66 bits per heavy atom. The molecule has 0 aliphatic heterocycles. The van der Waals surface area contributed by atoms with Gasteiger partial charge < -0.3 is 10.2 Å². The van der Waals surface area contributed by atoms with Crippen molar-refractivity contribution in [3.63, 3.8) is 0 Å². The zero-order valence-corrected chi connectivity index (χ0v) is 23.4. The Morgan fingerprint density at radius 2 is 1.92 bits per heavy atom. The van der Waals surface area contributed by atoms with Crippen LogP contribution in [0.15, 0.2) is 59.3 Å². The van der Waals surface area contributed by atoms with Gasteiger partial charge >= 0.3 is 0 Å². The molecule has 0 bridgehead atoms. The molecule has 1 aromatic carbocycles. The average molecular weight is 554 g/mol. The zero-order valence-electron chi connectivity index (χ0n) is 21.8. The highest BCUT2D eigenvalue weighted by atomic mass is 32.2. The van der Waals surface area contributed by atoms with Crippen molar-refractivity contribution in [1.82, 2.24) is 34.9 Å². The number of pyridine rings is 1. The highest BCUT2D eigenvalue weighted by molar-refractivity contribution is 7.98. The van der Waals surface area contributed by atoms with E-state index in [0.717, 1.165) is 43.0 Å². The summed E-state index contributed by atoms with van der Waals surface area (Å²) in [4.78, 5) is 23.7. The molecule has 0 saturated heterocycles. The number of nitrogens with one attached hydrogen (secondary N) is 1. The SMILES string of the molecule is CCN(CC)CCCC(C)NC(=O)c1csc(CSc2nnc(-c3ccncc3)n2-c2ccccc2F)n1. The first-order chi connectivity index (χ1) is 18.5. The van der Waals surface area contributed by atoms with Gasteiger partial charge in [0, 0.05) is 29.4 Å². The summed E-state index contributed by atoms with van der Waals surface area (Å²) in [6, 6.07) is 10.2. The van der Waals surface area contributed by atoms with Crippen LogP contribution in [0, 0.1) is 5.82 Å². The molecule has 0 radical (unpaired) electrons. The highest BCUT2D eigenvalue weighted by Gasteiger charge is 2.20. The summed E-state index contributed by atoms with van der Waals surface area (Å²) in [5, 5.41) is 14.8.